The van der Waals surface area contributed by atoms with Gasteiger partial charge in [0.1, 0.15) is 0 Å². The number of benzene rings is 1. The number of amides is 1. The summed E-state index contributed by atoms with van der Waals surface area (Å²) < 4.78 is 4.75. The van der Waals surface area contributed by atoms with E-state index in [1.54, 1.807) is 19.1 Å². The van der Waals surface area contributed by atoms with E-state index in [2.05, 4.69) is 20.8 Å². The molecule has 3 rings (SSSR count). The number of hydrogen-bond acceptors (Lipinski definition) is 6. The van der Waals surface area contributed by atoms with Crippen LogP contribution in [0.3, 0.4) is 0 Å². The molecule has 1 aromatic carbocycles. The average molecular weight is 363 g/mol. The predicted octanol–water partition coefficient (Wildman–Crippen LogP) is 3.01. The smallest absolute Gasteiger partial charge is 0.338 e. The number of hydrogen-bond donors (Lipinski definition) is 2. The highest BCUT2D eigenvalue weighted by atomic mass is 35.5. The molecule has 8 heteroatoms. The van der Waals surface area contributed by atoms with Crippen LogP contribution in [0.1, 0.15) is 41.6 Å². The number of halogens is 1. The fourth-order valence-electron chi connectivity index (χ4n) is 3.01. The number of methoxy groups -OCH3 is 1. The molecule has 25 heavy (non-hydrogen) atoms. The summed E-state index contributed by atoms with van der Waals surface area (Å²) in [5.74, 6) is -0.202. The third-order valence-electron chi connectivity index (χ3n) is 4.40. The van der Waals surface area contributed by atoms with Crippen molar-refractivity contribution in [3.63, 3.8) is 0 Å². The molecule has 0 atom stereocenters. The van der Waals surface area contributed by atoms with Crippen LogP contribution < -0.4 is 10.9 Å². The Morgan fingerprint density at radius 3 is 2.56 bits per heavy atom. The summed E-state index contributed by atoms with van der Waals surface area (Å²) in [5, 5.41) is 0.110. The number of carbonyl (C=O) groups is 2. The minimum Gasteiger partial charge on any atom is -0.465 e. The minimum absolute atomic E-state index is 0.0320. The fraction of sp³-hybridized carbons (Fsp3) is 0.412. The topological polar surface area (TPSA) is 93.2 Å². The van der Waals surface area contributed by atoms with Gasteiger partial charge in [0.15, 0.2) is 11.0 Å². The first-order chi connectivity index (χ1) is 12.0. The molecule has 1 heterocycles. The first-order valence-corrected chi connectivity index (χ1v) is 8.49. The van der Waals surface area contributed by atoms with E-state index in [9.17, 15) is 9.59 Å². The van der Waals surface area contributed by atoms with Gasteiger partial charge >= 0.3 is 5.97 Å². The zero-order chi connectivity index (χ0) is 18.0. The second-order valence-corrected chi connectivity index (χ2v) is 6.46. The van der Waals surface area contributed by atoms with Crippen molar-refractivity contribution in [3.05, 3.63) is 28.4 Å². The van der Waals surface area contributed by atoms with Gasteiger partial charge in [-0.3, -0.25) is 15.6 Å². The van der Waals surface area contributed by atoms with E-state index in [1.807, 2.05) is 0 Å². The number of ether oxygens (including phenoxy) is 1. The van der Waals surface area contributed by atoms with E-state index in [-0.39, 0.29) is 22.8 Å². The molecular formula is C17H19ClN4O3. The molecule has 1 aromatic heterocycles. The van der Waals surface area contributed by atoms with Gasteiger partial charge in [-0.05, 0) is 37.5 Å². The maximum atomic E-state index is 12.1. The number of aromatic nitrogens is 2. The molecular weight excluding hydrogens is 344 g/mol. The molecule has 0 saturated heterocycles. The molecule has 7 nitrogen and oxygen atoms in total. The Labute approximate surface area is 150 Å². The van der Waals surface area contributed by atoms with Crippen molar-refractivity contribution in [3.8, 4) is 0 Å². The molecule has 1 amide bonds. The molecule has 132 valence electrons. The summed E-state index contributed by atoms with van der Waals surface area (Å²) in [5.41, 5.74) is 7.57. The van der Waals surface area contributed by atoms with E-state index in [0.29, 0.717) is 16.6 Å². The average Bonchev–Trinajstić information content (AvgIpc) is 3.13. The lowest BCUT2D eigenvalue weighted by molar-refractivity contribution is -0.124. The van der Waals surface area contributed by atoms with Crippen LogP contribution in [0.4, 0.5) is 5.82 Å². The molecule has 0 spiro atoms. The molecule has 1 fully saturated rings. The lowest BCUT2D eigenvalue weighted by Gasteiger charge is -2.13. The van der Waals surface area contributed by atoms with Crippen LogP contribution in [-0.4, -0.2) is 29.0 Å². The van der Waals surface area contributed by atoms with Crippen molar-refractivity contribution in [2.24, 2.45) is 5.92 Å². The van der Waals surface area contributed by atoms with Crippen LogP contribution in [0.25, 0.3) is 11.0 Å². The first-order valence-electron chi connectivity index (χ1n) is 8.11. The van der Waals surface area contributed by atoms with Crippen LogP contribution in [0.5, 0.6) is 0 Å². The number of aryl methyl sites for hydroxylation is 1. The van der Waals surface area contributed by atoms with Gasteiger partial charge in [0.25, 0.3) is 0 Å². The highest BCUT2D eigenvalue weighted by molar-refractivity contribution is 6.32. The second-order valence-electron chi connectivity index (χ2n) is 6.11. The van der Waals surface area contributed by atoms with Crippen molar-refractivity contribution >= 4 is 40.3 Å². The van der Waals surface area contributed by atoms with E-state index >= 15 is 0 Å². The third-order valence-corrected chi connectivity index (χ3v) is 4.67. The maximum absolute atomic E-state index is 12.1. The number of anilines is 1. The highest BCUT2D eigenvalue weighted by Gasteiger charge is 2.23. The number of nitrogens with one attached hydrogen (secondary N) is 2. The molecule has 0 aliphatic heterocycles. The minimum atomic E-state index is -0.441. The largest absolute Gasteiger partial charge is 0.465 e. The van der Waals surface area contributed by atoms with Crippen molar-refractivity contribution in [2.45, 2.75) is 32.6 Å². The predicted molar refractivity (Wildman–Crippen MR) is 94.3 cm³/mol. The first kappa shape index (κ1) is 17.4. The second kappa shape index (κ2) is 7.23. The van der Waals surface area contributed by atoms with Crippen LogP contribution >= 0.6 is 11.6 Å². The van der Waals surface area contributed by atoms with E-state index < -0.39 is 5.97 Å². The Bertz CT molecular complexity index is 834. The molecule has 0 radical (unpaired) electrons. The summed E-state index contributed by atoms with van der Waals surface area (Å²) in [7, 11) is 1.32. The number of rotatable bonds is 4. The summed E-state index contributed by atoms with van der Waals surface area (Å²) in [6.45, 7) is 1.79. The van der Waals surface area contributed by atoms with Gasteiger partial charge in [0.05, 0.1) is 23.7 Å². The highest BCUT2D eigenvalue weighted by Crippen LogP contribution is 2.26. The van der Waals surface area contributed by atoms with Crippen LogP contribution in [0, 0.1) is 12.8 Å². The standard InChI is InChI=1S/C17H19ClN4O3/c1-9-7-12-13(8-11(9)17(24)25-2)19-14(18)15(20-12)21-22-16(23)10-5-3-4-6-10/h7-8,10H,3-6H2,1-2H3,(H,20,21)(H,22,23). The normalized spacial score (nSPS) is 14.5. The van der Waals surface area contributed by atoms with Gasteiger partial charge in [-0.1, -0.05) is 24.4 Å². The Balaban J connectivity index is 1.83. The Morgan fingerprint density at radius 1 is 1.20 bits per heavy atom. The lowest BCUT2D eigenvalue weighted by atomic mass is 10.1. The Kier molecular flexibility index (Phi) is 5.03. The van der Waals surface area contributed by atoms with Gasteiger partial charge in [0.2, 0.25) is 5.91 Å². The number of nitrogens with zero attached hydrogens (tertiary/aromatic N) is 2. The molecule has 0 unspecified atom stereocenters. The van der Waals surface area contributed by atoms with Crippen LogP contribution in [0.15, 0.2) is 12.1 Å². The van der Waals surface area contributed by atoms with Crippen LogP contribution in [0.2, 0.25) is 5.15 Å². The molecule has 2 aromatic rings. The number of carbonyl (C=O) groups excluding carboxylic acids is 2. The quantitative estimate of drug-likeness (QED) is 0.641. The van der Waals surface area contributed by atoms with Crippen molar-refractivity contribution in [2.75, 3.05) is 12.5 Å². The molecule has 2 N–H and O–H groups in total. The number of esters is 1. The van der Waals surface area contributed by atoms with Crippen molar-refractivity contribution in [1.82, 2.24) is 15.4 Å². The summed E-state index contributed by atoms with van der Waals surface area (Å²) in [6, 6.07) is 3.32. The molecule has 1 aliphatic carbocycles. The summed E-state index contributed by atoms with van der Waals surface area (Å²) in [6.07, 6.45) is 3.97. The third kappa shape index (κ3) is 3.66. The Morgan fingerprint density at radius 2 is 1.88 bits per heavy atom. The lowest BCUT2D eigenvalue weighted by Crippen LogP contribution is -2.34. The zero-order valence-corrected chi connectivity index (χ0v) is 14.8. The monoisotopic (exact) mass is 362 g/mol. The molecule has 0 bridgehead atoms. The van der Waals surface area contributed by atoms with Gasteiger partial charge < -0.3 is 4.74 Å². The molecule has 1 aliphatic rings. The fourth-order valence-corrected chi connectivity index (χ4v) is 3.19. The van der Waals surface area contributed by atoms with Gasteiger partial charge in [-0.15, -0.1) is 0 Å². The summed E-state index contributed by atoms with van der Waals surface area (Å²) in [4.78, 5) is 32.5. The Hall–Kier alpha value is -2.41. The van der Waals surface area contributed by atoms with Gasteiger partial charge in [0, 0.05) is 5.92 Å². The van der Waals surface area contributed by atoms with E-state index in [4.69, 9.17) is 16.3 Å². The van der Waals surface area contributed by atoms with Crippen molar-refractivity contribution < 1.29 is 14.3 Å². The van der Waals surface area contributed by atoms with Crippen LogP contribution in [-0.2, 0) is 9.53 Å². The zero-order valence-electron chi connectivity index (χ0n) is 14.1. The van der Waals surface area contributed by atoms with Crippen molar-refractivity contribution in [1.29, 1.82) is 0 Å². The number of fused-ring (bicyclic) bond motifs is 1. The maximum Gasteiger partial charge on any atom is 0.338 e. The number of hydrazine groups is 1. The van der Waals surface area contributed by atoms with E-state index in [1.165, 1.54) is 7.11 Å². The van der Waals surface area contributed by atoms with E-state index in [0.717, 1.165) is 31.2 Å². The van der Waals surface area contributed by atoms with Gasteiger partial charge in [-0.2, -0.15) is 0 Å². The SMILES string of the molecule is COC(=O)c1cc2nc(Cl)c(NNC(=O)C3CCCC3)nc2cc1C. The summed E-state index contributed by atoms with van der Waals surface area (Å²) >= 11 is 6.15. The van der Waals surface area contributed by atoms with Gasteiger partial charge in [-0.25, -0.2) is 14.8 Å². The molecule has 1 saturated carbocycles.